The van der Waals surface area contributed by atoms with Crippen LogP contribution in [-0.4, -0.2) is 15.5 Å². The van der Waals surface area contributed by atoms with Crippen molar-refractivity contribution in [1.29, 1.82) is 0 Å². The van der Waals surface area contributed by atoms with E-state index in [0.717, 1.165) is 11.1 Å². The molecule has 27 heavy (non-hydrogen) atoms. The lowest BCUT2D eigenvalue weighted by Crippen LogP contribution is -2.31. The third-order valence-electron chi connectivity index (χ3n) is 4.06. The normalized spacial score (nSPS) is 11.0. The third kappa shape index (κ3) is 3.65. The fraction of sp³-hybridized carbons (Fsp3) is 0.105. The fourth-order valence-electron chi connectivity index (χ4n) is 2.70. The smallest absolute Gasteiger partial charge is 0.271 e. The summed E-state index contributed by atoms with van der Waals surface area (Å²) in [5.41, 5.74) is 2.20. The van der Waals surface area contributed by atoms with Crippen LogP contribution in [-0.2, 0) is 17.9 Å². The molecule has 0 unspecified atom stereocenters. The Morgan fingerprint density at radius 2 is 2.07 bits per heavy atom. The summed E-state index contributed by atoms with van der Waals surface area (Å²) in [5.74, 6) is 0.360. The quantitative estimate of drug-likeness (QED) is 0.555. The van der Waals surface area contributed by atoms with Crippen molar-refractivity contribution < 1.29 is 9.21 Å². The molecule has 0 fully saturated rings. The number of amides is 1. The molecule has 3 heterocycles. The molecule has 0 spiro atoms. The van der Waals surface area contributed by atoms with Gasteiger partial charge in [0.1, 0.15) is 17.0 Å². The number of halogens is 1. The zero-order chi connectivity index (χ0) is 18.8. The highest BCUT2D eigenvalue weighted by atomic mass is 35.5. The Kier molecular flexibility index (Phi) is 4.79. The molecule has 0 bridgehead atoms. The van der Waals surface area contributed by atoms with Crippen LogP contribution in [0.1, 0.15) is 5.76 Å². The van der Waals surface area contributed by atoms with Crippen LogP contribution in [0.3, 0.4) is 0 Å². The van der Waals surface area contributed by atoms with Crippen LogP contribution in [0.5, 0.6) is 0 Å². The molecule has 136 valence electrons. The van der Waals surface area contributed by atoms with Gasteiger partial charge in [-0.25, -0.2) is 4.98 Å². The fourth-order valence-corrected chi connectivity index (χ4v) is 3.80. The van der Waals surface area contributed by atoms with E-state index in [1.54, 1.807) is 30.5 Å². The lowest BCUT2D eigenvalue weighted by Gasteiger charge is -2.06. The Bertz CT molecular complexity index is 1150. The van der Waals surface area contributed by atoms with Gasteiger partial charge in [0.15, 0.2) is 0 Å². The van der Waals surface area contributed by atoms with E-state index in [2.05, 4.69) is 10.3 Å². The van der Waals surface area contributed by atoms with Gasteiger partial charge in [-0.1, -0.05) is 23.7 Å². The van der Waals surface area contributed by atoms with E-state index < -0.39 is 0 Å². The molecule has 0 aliphatic rings. The van der Waals surface area contributed by atoms with Crippen LogP contribution in [0.4, 0.5) is 0 Å². The minimum Gasteiger partial charge on any atom is -0.467 e. The molecule has 0 atom stereocenters. The Hall–Kier alpha value is -2.90. The topological polar surface area (TPSA) is 77.1 Å². The molecule has 1 N–H and O–H groups in total. The van der Waals surface area contributed by atoms with Crippen LogP contribution in [0, 0.1) is 0 Å². The number of carbonyl (C=O) groups is 1. The molecule has 1 aromatic carbocycles. The summed E-state index contributed by atoms with van der Waals surface area (Å²) in [6, 6.07) is 10.9. The zero-order valence-electron chi connectivity index (χ0n) is 14.0. The largest absolute Gasteiger partial charge is 0.467 e. The van der Waals surface area contributed by atoms with Crippen molar-refractivity contribution in [3.8, 4) is 11.1 Å². The van der Waals surface area contributed by atoms with Gasteiger partial charge in [0.05, 0.1) is 24.7 Å². The first-order chi connectivity index (χ1) is 13.1. The summed E-state index contributed by atoms with van der Waals surface area (Å²) in [6.45, 7) is 0.173. The van der Waals surface area contributed by atoms with E-state index in [1.807, 2.05) is 17.5 Å². The molecule has 0 saturated carbocycles. The molecule has 4 rings (SSSR count). The molecule has 0 saturated heterocycles. The maximum Gasteiger partial charge on any atom is 0.271 e. The molecule has 0 radical (unpaired) electrons. The first-order valence-electron chi connectivity index (χ1n) is 8.13. The summed E-state index contributed by atoms with van der Waals surface area (Å²) in [5, 5.41) is 5.26. The van der Waals surface area contributed by atoms with Crippen LogP contribution in [0.25, 0.3) is 21.3 Å². The highest BCUT2D eigenvalue weighted by Crippen LogP contribution is 2.31. The minimum atomic E-state index is -0.288. The highest BCUT2D eigenvalue weighted by Gasteiger charge is 2.14. The number of benzene rings is 1. The molecular weight excluding hydrogens is 386 g/mol. The first-order valence-corrected chi connectivity index (χ1v) is 9.39. The molecule has 0 aliphatic carbocycles. The Morgan fingerprint density at radius 3 is 2.81 bits per heavy atom. The van der Waals surface area contributed by atoms with Crippen LogP contribution >= 0.6 is 22.9 Å². The molecule has 3 aromatic heterocycles. The zero-order valence-corrected chi connectivity index (χ0v) is 15.6. The van der Waals surface area contributed by atoms with Crippen molar-refractivity contribution in [2.24, 2.45) is 0 Å². The summed E-state index contributed by atoms with van der Waals surface area (Å²) in [7, 11) is 0. The van der Waals surface area contributed by atoms with Gasteiger partial charge in [-0.3, -0.25) is 14.2 Å². The van der Waals surface area contributed by atoms with Gasteiger partial charge < -0.3 is 9.73 Å². The van der Waals surface area contributed by atoms with E-state index >= 15 is 0 Å². The first kappa shape index (κ1) is 17.5. The Balaban J connectivity index is 1.56. The van der Waals surface area contributed by atoms with Crippen molar-refractivity contribution in [1.82, 2.24) is 14.9 Å². The van der Waals surface area contributed by atoms with Crippen molar-refractivity contribution in [2.45, 2.75) is 13.1 Å². The second-order valence-corrected chi connectivity index (χ2v) is 7.18. The molecule has 1 amide bonds. The number of aromatic nitrogens is 2. The van der Waals surface area contributed by atoms with Gasteiger partial charge in [0, 0.05) is 16.0 Å². The minimum absolute atomic E-state index is 0.101. The monoisotopic (exact) mass is 399 g/mol. The summed E-state index contributed by atoms with van der Waals surface area (Å²) in [6.07, 6.45) is 2.95. The number of furan rings is 1. The predicted octanol–water partition coefficient (Wildman–Crippen LogP) is 3.69. The van der Waals surface area contributed by atoms with E-state index in [9.17, 15) is 9.59 Å². The Labute approximate surface area is 163 Å². The average Bonchev–Trinajstić information content (AvgIpc) is 3.33. The van der Waals surface area contributed by atoms with E-state index in [-0.39, 0.29) is 24.6 Å². The molecular formula is C19H14ClN3O3S. The molecule has 6 nitrogen and oxygen atoms in total. The maximum absolute atomic E-state index is 12.7. The second-order valence-electron chi connectivity index (χ2n) is 5.87. The lowest BCUT2D eigenvalue weighted by atomic mass is 10.1. The number of carbonyl (C=O) groups excluding carboxylic acids is 1. The lowest BCUT2D eigenvalue weighted by molar-refractivity contribution is -0.121. The number of nitrogens with zero attached hydrogens (tertiary/aromatic N) is 2. The summed E-state index contributed by atoms with van der Waals surface area (Å²) < 4.78 is 6.99. The summed E-state index contributed by atoms with van der Waals surface area (Å²) >= 11 is 7.25. The van der Waals surface area contributed by atoms with Gasteiger partial charge in [-0.05, 0) is 29.8 Å². The predicted molar refractivity (Wildman–Crippen MR) is 105 cm³/mol. The van der Waals surface area contributed by atoms with Gasteiger partial charge in [0.2, 0.25) is 5.91 Å². The van der Waals surface area contributed by atoms with Gasteiger partial charge >= 0.3 is 0 Å². The van der Waals surface area contributed by atoms with Crippen molar-refractivity contribution in [2.75, 3.05) is 0 Å². The van der Waals surface area contributed by atoms with E-state index in [4.69, 9.17) is 16.0 Å². The highest BCUT2D eigenvalue weighted by molar-refractivity contribution is 7.17. The van der Waals surface area contributed by atoms with Crippen molar-refractivity contribution >= 4 is 39.1 Å². The van der Waals surface area contributed by atoms with Crippen LogP contribution in [0.15, 0.2) is 63.6 Å². The molecule has 8 heteroatoms. The Morgan fingerprint density at radius 1 is 1.26 bits per heavy atom. The standard InChI is InChI=1S/C19H14ClN3O3S/c20-13-5-3-12(4-6-13)15-10-27-18-17(15)22-11-23(19(18)25)9-16(24)21-8-14-2-1-7-26-14/h1-7,10-11H,8-9H2,(H,21,24). The number of nitrogens with one attached hydrogen (secondary N) is 1. The van der Waals surface area contributed by atoms with Crippen LogP contribution in [0.2, 0.25) is 5.02 Å². The molecule has 0 aliphatic heterocycles. The maximum atomic E-state index is 12.7. The van der Waals surface area contributed by atoms with Gasteiger partial charge in [-0.2, -0.15) is 0 Å². The number of hydrogen-bond acceptors (Lipinski definition) is 5. The molecule has 4 aromatic rings. The summed E-state index contributed by atoms with van der Waals surface area (Å²) in [4.78, 5) is 29.2. The van der Waals surface area contributed by atoms with E-state index in [1.165, 1.54) is 22.2 Å². The number of thiophene rings is 1. The third-order valence-corrected chi connectivity index (χ3v) is 5.26. The van der Waals surface area contributed by atoms with Crippen molar-refractivity contribution in [3.05, 3.63) is 75.5 Å². The van der Waals surface area contributed by atoms with E-state index in [0.29, 0.717) is 21.0 Å². The van der Waals surface area contributed by atoms with Gasteiger partial charge in [-0.15, -0.1) is 11.3 Å². The number of rotatable bonds is 5. The van der Waals surface area contributed by atoms with Crippen molar-refractivity contribution in [3.63, 3.8) is 0 Å². The number of hydrogen-bond donors (Lipinski definition) is 1. The van der Waals surface area contributed by atoms with Crippen LogP contribution < -0.4 is 10.9 Å². The average molecular weight is 400 g/mol. The second kappa shape index (κ2) is 7.38. The number of fused-ring (bicyclic) bond motifs is 1. The van der Waals surface area contributed by atoms with Gasteiger partial charge in [0.25, 0.3) is 5.56 Å². The SMILES string of the molecule is O=C(Cn1cnc2c(-c3ccc(Cl)cc3)csc2c1=O)NCc1ccco1.